The number of hydrogen-bond acceptors (Lipinski definition) is 2. The van der Waals surface area contributed by atoms with Gasteiger partial charge in [0.15, 0.2) is 0 Å². The first-order valence-electron chi connectivity index (χ1n) is 17.9. The molecule has 9 aromatic rings. The van der Waals surface area contributed by atoms with E-state index in [4.69, 9.17) is 4.99 Å². The van der Waals surface area contributed by atoms with Gasteiger partial charge in [0.1, 0.15) is 5.84 Å². The average Bonchev–Trinajstić information content (AvgIpc) is 3.23. The summed E-state index contributed by atoms with van der Waals surface area (Å²) in [5.41, 5.74) is 9.15. The molecule has 10 rings (SSSR count). The highest BCUT2D eigenvalue weighted by molar-refractivity contribution is 6.20. The molecule has 52 heavy (non-hydrogen) atoms. The minimum atomic E-state index is -0.0424. The molecule has 1 aliphatic heterocycles. The molecule has 1 heterocycles. The second kappa shape index (κ2) is 12.5. The molecule has 0 radical (unpaired) electrons. The zero-order valence-corrected chi connectivity index (χ0v) is 28.5. The van der Waals surface area contributed by atoms with Gasteiger partial charge >= 0.3 is 0 Å². The van der Waals surface area contributed by atoms with Crippen molar-refractivity contribution in [1.29, 1.82) is 0 Å². The topological polar surface area (TPSA) is 24.4 Å². The monoisotopic (exact) mass is 662 g/mol. The molecular formula is C50H34N2. The van der Waals surface area contributed by atoms with Gasteiger partial charge in [0, 0.05) is 11.1 Å². The van der Waals surface area contributed by atoms with Crippen molar-refractivity contribution in [3.05, 3.63) is 211 Å². The SMILES string of the molecule is C1=C(c2ccccc2-c2cccc3ccccc23)N=C(c2ccc(-c3c4ccccc4cc4c3ccc3ccccc34)cc2)NC1c1ccccc1. The van der Waals surface area contributed by atoms with Crippen LogP contribution < -0.4 is 5.32 Å². The Morgan fingerprint density at radius 3 is 1.79 bits per heavy atom. The van der Waals surface area contributed by atoms with E-state index in [1.54, 1.807) is 0 Å². The smallest absolute Gasteiger partial charge is 0.134 e. The van der Waals surface area contributed by atoms with Crippen LogP contribution in [0.4, 0.5) is 0 Å². The molecule has 244 valence electrons. The molecule has 1 N–H and O–H groups in total. The van der Waals surface area contributed by atoms with Crippen LogP contribution in [0.15, 0.2) is 199 Å². The number of benzene rings is 9. The third-order valence-electron chi connectivity index (χ3n) is 10.5. The predicted molar refractivity (Wildman–Crippen MR) is 221 cm³/mol. The molecule has 1 aliphatic rings. The number of nitrogens with one attached hydrogen (secondary N) is 1. The van der Waals surface area contributed by atoms with E-state index in [-0.39, 0.29) is 6.04 Å². The van der Waals surface area contributed by atoms with Gasteiger partial charge in [-0.05, 0) is 83.0 Å². The van der Waals surface area contributed by atoms with Crippen LogP contribution in [0, 0.1) is 0 Å². The molecule has 2 nitrogen and oxygen atoms in total. The summed E-state index contributed by atoms with van der Waals surface area (Å²) in [5.74, 6) is 0.861. The van der Waals surface area contributed by atoms with Crippen LogP contribution in [0.2, 0.25) is 0 Å². The molecule has 0 aromatic heterocycles. The van der Waals surface area contributed by atoms with Gasteiger partial charge in [-0.3, -0.25) is 0 Å². The van der Waals surface area contributed by atoms with E-state index in [2.05, 4.69) is 199 Å². The second-order valence-electron chi connectivity index (χ2n) is 13.5. The van der Waals surface area contributed by atoms with Crippen LogP contribution in [0.3, 0.4) is 0 Å². The van der Waals surface area contributed by atoms with Crippen molar-refractivity contribution in [2.24, 2.45) is 4.99 Å². The Hall–Kier alpha value is -6.77. The minimum absolute atomic E-state index is 0.0424. The minimum Gasteiger partial charge on any atom is -0.359 e. The van der Waals surface area contributed by atoms with Crippen molar-refractivity contribution in [3.8, 4) is 22.3 Å². The van der Waals surface area contributed by atoms with E-state index in [1.165, 1.54) is 70.9 Å². The van der Waals surface area contributed by atoms with Crippen molar-refractivity contribution in [1.82, 2.24) is 5.32 Å². The summed E-state index contributed by atoms with van der Waals surface area (Å²) in [6.07, 6.45) is 2.27. The number of aliphatic imine (C=N–C) groups is 1. The predicted octanol–water partition coefficient (Wildman–Crippen LogP) is 12.8. The summed E-state index contributed by atoms with van der Waals surface area (Å²) >= 11 is 0. The molecule has 0 saturated carbocycles. The summed E-state index contributed by atoms with van der Waals surface area (Å²) in [6.45, 7) is 0. The quantitative estimate of drug-likeness (QED) is 0.144. The summed E-state index contributed by atoms with van der Waals surface area (Å²) < 4.78 is 0. The van der Waals surface area contributed by atoms with Crippen molar-refractivity contribution >= 4 is 54.6 Å². The fourth-order valence-electron chi connectivity index (χ4n) is 8.00. The average molecular weight is 663 g/mol. The zero-order valence-electron chi connectivity index (χ0n) is 28.5. The molecule has 0 bridgehead atoms. The first-order chi connectivity index (χ1) is 25.8. The Balaban J connectivity index is 1.11. The zero-order chi connectivity index (χ0) is 34.4. The van der Waals surface area contributed by atoms with Gasteiger partial charge in [-0.15, -0.1) is 0 Å². The van der Waals surface area contributed by atoms with Crippen LogP contribution in [-0.4, -0.2) is 5.84 Å². The Morgan fingerprint density at radius 2 is 0.981 bits per heavy atom. The molecule has 0 fully saturated rings. The first kappa shape index (κ1) is 30.1. The van der Waals surface area contributed by atoms with E-state index < -0.39 is 0 Å². The maximum absolute atomic E-state index is 5.37. The molecule has 1 atom stereocenters. The van der Waals surface area contributed by atoms with Crippen LogP contribution >= 0.6 is 0 Å². The fraction of sp³-hybridized carbons (Fsp3) is 0.0200. The maximum Gasteiger partial charge on any atom is 0.134 e. The lowest BCUT2D eigenvalue weighted by Gasteiger charge is -2.25. The summed E-state index contributed by atoms with van der Waals surface area (Å²) in [7, 11) is 0. The van der Waals surface area contributed by atoms with Gasteiger partial charge in [-0.1, -0.05) is 182 Å². The molecule has 2 heteroatoms. The lowest BCUT2D eigenvalue weighted by molar-refractivity contribution is 0.781. The number of fused-ring (bicyclic) bond motifs is 5. The van der Waals surface area contributed by atoms with Crippen molar-refractivity contribution < 1.29 is 0 Å². The Labute approximate surface area is 303 Å². The van der Waals surface area contributed by atoms with Crippen LogP contribution in [0.5, 0.6) is 0 Å². The van der Waals surface area contributed by atoms with Gasteiger partial charge in [-0.25, -0.2) is 4.99 Å². The molecule has 1 unspecified atom stereocenters. The molecule has 0 spiro atoms. The van der Waals surface area contributed by atoms with E-state index in [0.29, 0.717) is 0 Å². The molecule has 0 aliphatic carbocycles. The second-order valence-corrected chi connectivity index (χ2v) is 13.5. The highest BCUT2D eigenvalue weighted by Gasteiger charge is 2.22. The highest BCUT2D eigenvalue weighted by atomic mass is 15.0. The van der Waals surface area contributed by atoms with Crippen molar-refractivity contribution in [2.75, 3.05) is 0 Å². The number of rotatable bonds is 5. The Kier molecular flexibility index (Phi) is 7.25. The number of nitrogens with zero attached hydrogens (tertiary/aromatic N) is 1. The van der Waals surface area contributed by atoms with Gasteiger partial charge < -0.3 is 5.32 Å². The fourth-order valence-corrected chi connectivity index (χ4v) is 8.00. The van der Waals surface area contributed by atoms with Gasteiger partial charge in [0.05, 0.1) is 11.7 Å². The Morgan fingerprint density at radius 1 is 0.385 bits per heavy atom. The Bertz CT molecular complexity index is 2860. The van der Waals surface area contributed by atoms with Gasteiger partial charge in [0.25, 0.3) is 0 Å². The lowest BCUT2D eigenvalue weighted by Crippen LogP contribution is -2.31. The molecule has 0 amide bonds. The maximum atomic E-state index is 5.37. The molecular weight excluding hydrogens is 629 g/mol. The first-order valence-corrected chi connectivity index (χ1v) is 17.9. The third kappa shape index (κ3) is 5.16. The molecule has 9 aromatic carbocycles. The summed E-state index contributed by atoms with van der Waals surface area (Å²) in [6, 6.07) is 67.7. The number of hydrogen-bond donors (Lipinski definition) is 1. The summed E-state index contributed by atoms with van der Waals surface area (Å²) in [5, 5.41) is 13.8. The van der Waals surface area contributed by atoms with Crippen molar-refractivity contribution in [3.63, 3.8) is 0 Å². The largest absolute Gasteiger partial charge is 0.359 e. The molecule has 0 saturated heterocycles. The van der Waals surface area contributed by atoms with Crippen LogP contribution in [0.25, 0.3) is 71.0 Å². The number of amidine groups is 1. The summed E-state index contributed by atoms with van der Waals surface area (Å²) in [4.78, 5) is 5.37. The standard InChI is InChI=1S/C50H34N2/c1-2-15-35(16-3-1)47-32-48(44-23-11-10-22-43(44)42-24-12-18-33-13-4-7-19-39(33)42)52-50(51-47)37-27-25-36(26-28-37)49-41-21-9-6-17-38(41)31-46-40-20-8-5-14-34(40)29-30-45(46)49/h1-32,47H,(H,51,52). The van der Waals surface area contributed by atoms with Crippen LogP contribution in [0.1, 0.15) is 22.7 Å². The van der Waals surface area contributed by atoms with E-state index in [1.807, 2.05) is 0 Å². The van der Waals surface area contributed by atoms with E-state index in [9.17, 15) is 0 Å². The van der Waals surface area contributed by atoms with Gasteiger partial charge in [-0.2, -0.15) is 0 Å². The highest BCUT2D eigenvalue weighted by Crippen LogP contribution is 2.40. The van der Waals surface area contributed by atoms with Crippen LogP contribution in [-0.2, 0) is 0 Å². The van der Waals surface area contributed by atoms with Gasteiger partial charge in [0.2, 0.25) is 0 Å². The van der Waals surface area contributed by atoms with E-state index in [0.717, 1.165) is 22.7 Å². The van der Waals surface area contributed by atoms with Crippen molar-refractivity contribution in [2.45, 2.75) is 6.04 Å². The van der Waals surface area contributed by atoms with E-state index >= 15 is 0 Å². The lowest BCUT2D eigenvalue weighted by atomic mass is 9.89. The third-order valence-corrected chi connectivity index (χ3v) is 10.5. The normalized spacial score (nSPS) is 14.3.